The Morgan fingerprint density at radius 3 is 0.909 bits per heavy atom. The number of hydrogen-bond acceptors (Lipinski definition) is 2. The minimum absolute atomic E-state index is 0. The van der Waals surface area contributed by atoms with Crippen molar-refractivity contribution in [3.63, 3.8) is 0 Å². The van der Waals surface area contributed by atoms with Crippen molar-refractivity contribution in [3.05, 3.63) is 0 Å². The van der Waals surface area contributed by atoms with Gasteiger partial charge in [-0.05, 0) is 0 Å². The summed E-state index contributed by atoms with van der Waals surface area (Å²) in [4.78, 5) is 0. The maximum atomic E-state index is 9.63. The average Bonchev–Trinajstić information content (AvgIpc) is 1.89. The van der Waals surface area contributed by atoms with Crippen LogP contribution in [0.1, 0.15) is 27.7 Å². The van der Waals surface area contributed by atoms with Crippen molar-refractivity contribution >= 4 is 48.9 Å². The van der Waals surface area contributed by atoms with Gasteiger partial charge < -0.3 is 10.2 Å². The van der Waals surface area contributed by atoms with Crippen LogP contribution in [0, 0.1) is 11.8 Å². The van der Waals surface area contributed by atoms with E-state index in [9.17, 15) is 10.2 Å². The third-order valence-electron chi connectivity index (χ3n) is 0.667. The Morgan fingerprint density at radius 2 is 0.909 bits per heavy atom. The van der Waals surface area contributed by atoms with Crippen LogP contribution in [0.5, 0.6) is 0 Å². The normalized spacial score (nSPS) is 8.73. The van der Waals surface area contributed by atoms with Crippen molar-refractivity contribution in [2.75, 3.05) is 13.2 Å². The van der Waals surface area contributed by atoms with E-state index in [1.807, 2.05) is 27.7 Å². The zero-order valence-electron chi connectivity index (χ0n) is 8.09. The van der Waals surface area contributed by atoms with Crippen molar-refractivity contribution in [3.8, 4) is 0 Å². The minimum atomic E-state index is 0. The van der Waals surface area contributed by atoms with E-state index in [-0.39, 0.29) is 62.1 Å². The van der Waals surface area contributed by atoms with Crippen LogP contribution >= 0.6 is 0 Å². The van der Waals surface area contributed by atoms with Crippen LogP contribution in [0.2, 0.25) is 0 Å². The van der Waals surface area contributed by atoms with Gasteiger partial charge in [-0.2, -0.15) is 0 Å². The predicted octanol–water partition coefficient (Wildman–Crippen LogP) is -0.375. The van der Waals surface area contributed by atoms with Gasteiger partial charge in [-0.25, -0.2) is 0 Å². The molecule has 0 fully saturated rings. The fourth-order valence-electron chi connectivity index (χ4n) is 0. The Labute approximate surface area is 110 Å². The molecule has 2 nitrogen and oxygen atoms in total. The molecule has 0 N–H and O–H groups in total. The molecule has 0 aromatic carbocycles. The van der Waals surface area contributed by atoms with Gasteiger partial charge in [-0.3, -0.25) is 0 Å². The third-order valence-corrected chi connectivity index (χ3v) is 0.667. The molecule has 0 radical (unpaired) electrons. The Hall–Kier alpha value is 1.49. The smallest absolute Gasteiger partial charge is 0.854 e. The van der Waals surface area contributed by atoms with E-state index in [0.29, 0.717) is 11.8 Å². The summed E-state index contributed by atoms with van der Waals surface area (Å²) in [7, 11) is 0. The van der Waals surface area contributed by atoms with Gasteiger partial charge in [0, 0.05) is 0 Å². The van der Waals surface area contributed by atoms with Crippen molar-refractivity contribution in [2.45, 2.75) is 27.7 Å². The Bertz CT molecular complexity index is 48.1. The summed E-state index contributed by atoms with van der Waals surface area (Å²) in [5.41, 5.74) is 0. The van der Waals surface area contributed by atoms with Crippen molar-refractivity contribution < 1.29 is 10.2 Å². The van der Waals surface area contributed by atoms with E-state index in [4.69, 9.17) is 0 Å². The molecule has 3 heteroatoms. The molecule has 0 spiro atoms. The van der Waals surface area contributed by atoms with E-state index in [2.05, 4.69) is 0 Å². The van der Waals surface area contributed by atoms with Crippen LogP contribution in [0.25, 0.3) is 0 Å². The number of hydrogen-bond donors (Lipinski definition) is 0. The molecule has 64 valence electrons. The van der Waals surface area contributed by atoms with Gasteiger partial charge in [0.05, 0.1) is 0 Å². The average molecular weight is 284 g/mol. The largest absolute Gasteiger partial charge is 2.00 e. The molecule has 0 saturated carbocycles. The molecular formula is C8H18BaO2. The second-order valence-corrected chi connectivity index (χ2v) is 3.12. The third kappa shape index (κ3) is 34.3. The van der Waals surface area contributed by atoms with Crippen LogP contribution in [0.3, 0.4) is 0 Å². The first-order valence-electron chi connectivity index (χ1n) is 3.70. The van der Waals surface area contributed by atoms with Gasteiger partial charge in [0.25, 0.3) is 0 Å². The first kappa shape index (κ1) is 18.3. The summed E-state index contributed by atoms with van der Waals surface area (Å²) < 4.78 is 0. The Morgan fingerprint density at radius 1 is 0.818 bits per heavy atom. The maximum Gasteiger partial charge on any atom is 2.00 e. The first-order valence-corrected chi connectivity index (χ1v) is 3.70. The molecule has 11 heavy (non-hydrogen) atoms. The monoisotopic (exact) mass is 284 g/mol. The van der Waals surface area contributed by atoms with Crippen molar-refractivity contribution in [1.82, 2.24) is 0 Å². The predicted molar refractivity (Wildman–Crippen MR) is 45.2 cm³/mol. The molecule has 0 aliphatic carbocycles. The van der Waals surface area contributed by atoms with Gasteiger partial charge >= 0.3 is 48.9 Å². The van der Waals surface area contributed by atoms with Crippen LogP contribution in [0.15, 0.2) is 0 Å². The van der Waals surface area contributed by atoms with Crippen LogP contribution in [-0.4, -0.2) is 62.1 Å². The molecule has 0 aromatic heterocycles. The minimum Gasteiger partial charge on any atom is -0.854 e. The molecular weight excluding hydrogens is 265 g/mol. The molecule has 0 aromatic rings. The Kier molecular flexibility index (Phi) is 23.4. The van der Waals surface area contributed by atoms with E-state index in [1.54, 1.807) is 0 Å². The molecule has 0 bridgehead atoms. The second-order valence-electron chi connectivity index (χ2n) is 3.12. The van der Waals surface area contributed by atoms with E-state index < -0.39 is 0 Å². The maximum absolute atomic E-state index is 9.63. The summed E-state index contributed by atoms with van der Waals surface area (Å²) >= 11 is 0. The molecule has 0 amide bonds. The molecule has 0 heterocycles. The van der Waals surface area contributed by atoms with E-state index in [1.165, 1.54) is 0 Å². The fraction of sp³-hybridized carbons (Fsp3) is 1.00. The summed E-state index contributed by atoms with van der Waals surface area (Å²) in [6, 6.07) is 0. The molecule has 0 saturated heterocycles. The van der Waals surface area contributed by atoms with Crippen LogP contribution in [-0.2, 0) is 0 Å². The quantitative estimate of drug-likeness (QED) is 0.649. The fourth-order valence-corrected chi connectivity index (χ4v) is 0. The van der Waals surface area contributed by atoms with Crippen LogP contribution in [0.4, 0.5) is 0 Å². The molecule has 0 unspecified atom stereocenters. The van der Waals surface area contributed by atoms with Crippen molar-refractivity contribution in [2.24, 2.45) is 11.8 Å². The number of rotatable bonds is 2. The van der Waals surface area contributed by atoms with Crippen LogP contribution < -0.4 is 10.2 Å². The topological polar surface area (TPSA) is 46.1 Å². The van der Waals surface area contributed by atoms with Gasteiger partial charge in [-0.15, -0.1) is 13.2 Å². The first-order chi connectivity index (χ1) is 4.54. The standard InChI is InChI=1S/2C4H9O.Ba/c2*1-4(2)3-5;/h2*4H,3H2,1-2H3;/q2*-1;+2. The summed E-state index contributed by atoms with van der Waals surface area (Å²) in [6.07, 6.45) is 0. The van der Waals surface area contributed by atoms with Gasteiger partial charge in [0.1, 0.15) is 0 Å². The van der Waals surface area contributed by atoms with E-state index in [0.717, 1.165) is 0 Å². The summed E-state index contributed by atoms with van der Waals surface area (Å²) in [5, 5.41) is 19.3. The van der Waals surface area contributed by atoms with Gasteiger partial charge in [-0.1, -0.05) is 39.5 Å². The van der Waals surface area contributed by atoms with Crippen molar-refractivity contribution in [1.29, 1.82) is 0 Å². The molecule has 0 aliphatic heterocycles. The van der Waals surface area contributed by atoms with Gasteiger partial charge in [0.2, 0.25) is 0 Å². The zero-order valence-corrected chi connectivity index (χ0v) is 12.5. The SMILES string of the molecule is CC(C)C[O-].CC(C)C[O-].[Ba+2]. The molecule has 0 rings (SSSR count). The zero-order chi connectivity index (χ0) is 8.57. The second kappa shape index (κ2) is 14.0. The molecule has 0 aliphatic rings. The molecule has 0 atom stereocenters. The summed E-state index contributed by atoms with van der Waals surface area (Å²) in [6.45, 7) is 7.75. The van der Waals surface area contributed by atoms with E-state index >= 15 is 0 Å². The van der Waals surface area contributed by atoms with Gasteiger partial charge in [0.15, 0.2) is 0 Å². The Balaban J connectivity index is -0.000000107. The summed E-state index contributed by atoms with van der Waals surface area (Å²) in [5.74, 6) is 0.657.